The van der Waals surface area contributed by atoms with E-state index in [0.29, 0.717) is 46.8 Å². The van der Waals surface area contributed by atoms with Crippen LogP contribution in [0, 0.1) is 6.92 Å². The molecule has 3 N–H and O–H groups in total. The molecule has 2 heterocycles. The Morgan fingerprint density at radius 3 is 2.44 bits per heavy atom. The fourth-order valence-electron chi connectivity index (χ4n) is 5.81. The van der Waals surface area contributed by atoms with Crippen molar-refractivity contribution >= 4 is 22.6 Å². The van der Waals surface area contributed by atoms with Gasteiger partial charge in [0.05, 0.1) is 26.4 Å². The van der Waals surface area contributed by atoms with E-state index in [1.807, 2.05) is 31.2 Å². The summed E-state index contributed by atoms with van der Waals surface area (Å²) in [5.74, 6) is 1.13. The minimum absolute atomic E-state index is 0.0812. The number of methoxy groups -OCH3 is 3. The van der Waals surface area contributed by atoms with Gasteiger partial charge < -0.3 is 48.4 Å². The van der Waals surface area contributed by atoms with Gasteiger partial charge in [-0.2, -0.15) is 0 Å². The number of amides is 1. The molecule has 0 bridgehead atoms. The molecule has 4 atom stereocenters. The van der Waals surface area contributed by atoms with Crippen molar-refractivity contribution in [3.63, 3.8) is 0 Å². The molecular formula is C36H41NO11. The number of aliphatic hydroxyl groups is 2. The maximum Gasteiger partial charge on any atom is 0.360 e. The van der Waals surface area contributed by atoms with E-state index in [9.17, 15) is 19.8 Å². The number of benzene rings is 3. The number of carbonyl (C=O) groups excluding carboxylic acids is 1. The second kappa shape index (κ2) is 14.2. The van der Waals surface area contributed by atoms with Crippen molar-refractivity contribution in [2.75, 3.05) is 33.3 Å². The van der Waals surface area contributed by atoms with Crippen LogP contribution in [-0.2, 0) is 9.47 Å². The number of fused-ring (bicyclic) bond motifs is 1. The third-order valence-electron chi connectivity index (χ3n) is 8.25. The molecule has 256 valence electrons. The maximum absolute atomic E-state index is 13.4. The standard InChI is InChI=1S/C36H41NO11/c1-8-14-45-27-18-22-17-25(37-33(40)21-12-13-26(43-6)24(16-21)20-10-9-11-23(15-20)42-5)34(41)46-30(22)19(2)31(27)47-35-29(39)28(38)32(44-7)36(3,4)48-35/h9-13,15-18,28-29,32,35,38-39H,8,14H2,1-7H3,(H,37,40)/t28-,29+,32+,35+/m0/s1. The number of anilines is 1. The predicted molar refractivity (Wildman–Crippen MR) is 178 cm³/mol. The van der Waals surface area contributed by atoms with E-state index in [-0.39, 0.29) is 22.6 Å². The van der Waals surface area contributed by atoms with E-state index in [0.717, 1.165) is 5.56 Å². The highest BCUT2D eigenvalue weighted by molar-refractivity contribution is 6.06. The maximum atomic E-state index is 13.4. The summed E-state index contributed by atoms with van der Waals surface area (Å²) in [6.45, 7) is 7.38. The van der Waals surface area contributed by atoms with E-state index in [2.05, 4.69) is 5.32 Å². The normalized spacial score (nSPS) is 20.3. The molecule has 4 aromatic rings. The van der Waals surface area contributed by atoms with Crippen LogP contribution < -0.4 is 29.9 Å². The predicted octanol–water partition coefficient (Wildman–Crippen LogP) is 5.08. The number of aryl methyl sites for hydroxylation is 1. The zero-order chi connectivity index (χ0) is 34.7. The number of ether oxygens (including phenoxy) is 6. The van der Waals surface area contributed by atoms with Crippen LogP contribution in [0.4, 0.5) is 5.69 Å². The molecule has 3 aromatic carbocycles. The number of hydrogen-bond acceptors (Lipinski definition) is 11. The molecule has 1 saturated heterocycles. The molecule has 1 amide bonds. The number of aliphatic hydroxyl groups excluding tert-OH is 2. The van der Waals surface area contributed by atoms with Crippen LogP contribution >= 0.6 is 0 Å². The molecule has 1 fully saturated rings. The van der Waals surface area contributed by atoms with Crippen LogP contribution in [0.5, 0.6) is 23.0 Å². The van der Waals surface area contributed by atoms with Crippen molar-refractivity contribution < 1.29 is 47.8 Å². The summed E-state index contributed by atoms with van der Waals surface area (Å²) in [7, 11) is 4.54. The lowest BCUT2D eigenvalue weighted by Crippen LogP contribution is -2.63. The van der Waals surface area contributed by atoms with Gasteiger partial charge in [0.15, 0.2) is 11.5 Å². The smallest absolute Gasteiger partial charge is 0.360 e. The molecule has 0 unspecified atom stereocenters. The van der Waals surface area contributed by atoms with Gasteiger partial charge >= 0.3 is 5.63 Å². The van der Waals surface area contributed by atoms with Gasteiger partial charge in [0.25, 0.3) is 5.91 Å². The average molecular weight is 664 g/mol. The Bertz CT molecular complexity index is 1850. The number of hydrogen-bond donors (Lipinski definition) is 3. The first-order chi connectivity index (χ1) is 22.9. The number of carbonyl (C=O) groups is 1. The van der Waals surface area contributed by atoms with E-state index in [1.165, 1.54) is 13.2 Å². The molecule has 1 aromatic heterocycles. The summed E-state index contributed by atoms with van der Waals surface area (Å²) in [5.41, 5.74) is 0.422. The fourth-order valence-corrected chi connectivity index (χ4v) is 5.81. The Labute approximate surface area is 278 Å². The molecule has 12 nitrogen and oxygen atoms in total. The Morgan fingerprint density at radius 2 is 1.75 bits per heavy atom. The molecule has 1 aliphatic heterocycles. The summed E-state index contributed by atoms with van der Waals surface area (Å²) in [4.78, 5) is 26.7. The van der Waals surface area contributed by atoms with Gasteiger partial charge in [-0.25, -0.2) is 4.79 Å². The van der Waals surface area contributed by atoms with Crippen LogP contribution in [0.3, 0.4) is 0 Å². The highest BCUT2D eigenvalue weighted by Gasteiger charge is 2.50. The van der Waals surface area contributed by atoms with E-state index in [4.69, 9.17) is 32.8 Å². The van der Waals surface area contributed by atoms with Crippen LogP contribution in [0.1, 0.15) is 43.1 Å². The highest BCUT2D eigenvalue weighted by Crippen LogP contribution is 2.41. The number of nitrogens with one attached hydrogen (secondary N) is 1. The third kappa shape index (κ3) is 6.83. The van der Waals surface area contributed by atoms with Crippen LogP contribution in [0.2, 0.25) is 0 Å². The first kappa shape index (κ1) is 34.7. The van der Waals surface area contributed by atoms with Crippen molar-refractivity contribution in [2.24, 2.45) is 0 Å². The molecule has 1 aliphatic rings. The van der Waals surface area contributed by atoms with Crippen molar-refractivity contribution in [1.82, 2.24) is 0 Å². The minimum Gasteiger partial charge on any atom is -0.497 e. The quantitative estimate of drug-likeness (QED) is 0.184. The Balaban J connectivity index is 1.48. The minimum atomic E-state index is -1.45. The Hall–Kier alpha value is -4.62. The van der Waals surface area contributed by atoms with Crippen molar-refractivity contribution in [1.29, 1.82) is 0 Å². The summed E-state index contributed by atoms with van der Waals surface area (Å²) in [6, 6.07) is 15.4. The van der Waals surface area contributed by atoms with Crippen LogP contribution in [0.25, 0.3) is 22.1 Å². The first-order valence-electron chi connectivity index (χ1n) is 15.5. The largest absolute Gasteiger partial charge is 0.497 e. The van der Waals surface area contributed by atoms with Gasteiger partial charge in [-0.3, -0.25) is 4.79 Å². The summed E-state index contributed by atoms with van der Waals surface area (Å²) < 4.78 is 40.1. The molecule has 48 heavy (non-hydrogen) atoms. The lowest BCUT2D eigenvalue weighted by Gasteiger charge is -2.46. The Kier molecular flexibility index (Phi) is 10.3. The van der Waals surface area contributed by atoms with Gasteiger partial charge in [-0.05, 0) is 75.2 Å². The van der Waals surface area contributed by atoms with Gasteiger partial charge in [0.1, 0.15) is 41.1 Å². The van der Waals surface area contributed by atoms with Gasteiger partial charge in [-0.1, -0.05) is 19.1 Å². The van der Waals surface area contributed by atoms with E-state index >= 15 is 0 Å². The lowest BCUT2D eigenvalue weighted by molar-refractivity contribution is -0.306. The van der Waals surface area contributed by atoms with Crippen molar-refractivity contribution in [3.8, 4) is 34.1 Å². The van der Waals surface area contributed by atoms with Gasteiger partial charge in [0.2, 0.25) is 6.29 Å². The Morgan fingerprint density at radius 1 is 0.979 bits per heavy atom. The topological polar surface area (TPSA) is 155 Å². The van der Waals surface area contributed by atoms with Crippen molar-refractivity contribution in [3.05, 3.63) is 76.1 Å². The zero-order valence-electron chi connectivity index (χ0n) is 28.0. The summed E-state index contributed by atoms with van der Waals surface area (Å²) >= 11 is 0. The second-order valence-corrected chi connectivity index (χ2v) is 12.0. The van der Waals surface area contributed by atoms with E-state index < -0.39 is 41.7 Å². The molecule has 5 rings (SSSR count). The monoisotopic (exact) mass is 663 g/mol. The number of rotatable bonds is 11. The van der Waals surface area contributed by atoms with Crippen LogP contribution in [0.15, 0.2) is 63.8 Å². The fraction of sp³-hybridized carbons (Fsp3) is 0.389. The molecule has 0 radical (unpaired) electrons. The van der Waals surface area contributed by atoms with Crippen LogP contribution in [-0.4, -0.2) is 74.3 Å². The van der Waals surface area contributed by atoms with Crippen molar-refractivity contribution in [2.45, 2.75) is 64.3 Å². The highest BCUT2D eigenvalue weighted by atomic mass is 16.7. The van der Waals surface area contributed by atoms with Gasteiger partial charge in [-0.15, -0.1) is 0 Å². The van der Waals surface area contributed by atoms with E-state index in [1.54, 1.807) is 59.3 Å². The molecule has 0 saturated carbocycles. The zero-order valence-corrected chi connectivity index (χ0v) is 28.0. The lowest BCUT2D eigenvalue weighted by atomic mass is 9.89. The van der Waals surface area contributed by atoms with Gasteiger partial charge in [0, 0.05) is 29.2 Å². The second-order valence-electron chi connectivity index (χ2n) is 12.0. The summed E-state index contributed by atoms with van der Waals surface area (Å²) in [5, 5.41) is 24.7. The molecule has 0 aliphatic carbocycles. The first-order valence-corrected chi connectivity index (χ1v) is 15.5. The summed E-state index contributed by atoms with van der Waals surface area (Å²) in [6.07, 6.45) is -4.17. The average Bonchev–Trinajstić information content (AvgIpc) is 3.07. The molecule has 0 spiro atoms. The SMILES string of the molecule is CCCOc1cc2cc(NC(=O)c3ccc(OC)c(-c4cccc(OC)c4)c3)c(=O)oc2c(C)c1O[C@@H]1OC(C)(C)[C@H](OC)[C@@H](O)[C@H]1O. The molecule has 12 heteroatoms. The molecular weight excluding hydrogens is 622 g/mol. The third-order valence-corrected chi connectivity index (χ3v) is 8.25.